The minimum Gasteiger partial charge on any atom is -0.341 e. The van der Waals surface area contributed by atoms with E-state index < -0.39 is 17.5 Å². The molecule has 0 aliphatic carbocycles. The van der Waals surface area contributed by atoms with Crippen LogP contribution in [0.25, 0.3) is 0 Å². The Morgan fingerprint density at radius 3 is 2.33 bits per heavy atom. The van der Waals surface area contributed by atoms with E-state index >= 15 is 0 Å². The molecule has 18 heavy (non-hydrogen) atoms. The molecule has 2 fully saturated rings. The Balaban J connectivity index is 2.21. The van der Waals surface area contributed by atoms with Crippen molar-refractivity contribution in [2.75, 3.05) is 26.2 Å². The van der Waals surface area contributed by atoms with Crippen LogP contribution in [0, 0.1) is 10.8 Å². The molecular weight excluding hydrogens is 245 g/mol. The Morgan fingerprint density at radius 2 is 1.94 bits per heavy atom. The van der Waals surface area contributed by atoms with Gasteiger partial charge in [-0.25, -0.2) is 0 Å². The van der Waals surface area contributed by atoms with E-state index in [1.165, 1.54) is 4.90 Å². The van der Waals surface area contributed by atoms with Crippen LogP contribution in [0.15, 0.2) is 0 Å². The maximum absolute atomic E-state index is 13.2. The molecule has 2 aliphatic rings. The normalized spacial score (nSPS) is 31.9. The predicted octanol–water partition coefficient (Wildman–Crippen LogP) is 1.79. The van der Waals surface area contributed by atoms with Gasteiger partial charge in [0.05, 0.1) is 0 Å². The van der Waals surface area contributed by atoms with Crippen LogP contribution in [-0.2, 0) is 4.79 Å². The van der Waals surface area contributed by atoms with Crippen molar-refractivity contribution in [3.63, 3.8) is 0 Å². The van der Waals surface area contributed by atoms with Gasteiger partial charge < -0.3 is 10.2 Å². The number of hydrogen-bond acceptors (Lipinski definition) is 2. The van der Waals surface area contributed by atoms with Gasteiger partial charge in [0.2, 0.25) is 5.91 Å². The zero-order valence-electron chi connectivity index (χ0n) is 10.7. The van der Waals surface area contributed by atoms with Crippen molar-refractivity contribution in [3.05, 3.63) is 0 Å². The van der Waals surface area contributed by atoms with Crippen LogP contribution < -0.4 is 5.32 Å². The molecule has 2 rings (SSSR count). The Bertz CT molecular complexity index is 346. The first-order valence-corrected chi connectivity index (χ1v) is 6.25. The fraction of sp³-hybridized carbons (Fsp3) is 0.917. The third-order valence-electron chi connectivity index (χ3n) is 4.07. The third kappa shape index (κ3) is 2.11. The number of halogens is 3. The Kier molecular flexibility index (Phi) is 3.12. The lowest BCUT2D eigenvalue weighted by atomic mass is 9.84. The van der Waals surface area contributed by atoms with Gasteiger partial charge in [-0.15, -0.1) is 0 Å². The molecule has 2 aliphatic heterocycles. The number of carbonyl (C=O) groups excluding carboxylic acids is 1. The number of alkyl halides is 3. The van der Waals surface area contributed by atoms with Crippen LogP contribution in [0.4, 0.5) is 13.2 Å². The van der Waals surface area contributed by atoms with E-state index in [2.05, 4.69) is 5.32 Å². The van der Waals surface area contributed by atoms with E-state index in [0.717, 1.165) is 6.42 Å². The highest BCUT2D eigenvalue weighted by molar-refractivity contribution is 5.84. The fourth-order valence-electron chi connectivity index (χ4n) is 2.83. The van der Waals surface area contributed by atoms with Crippen LogP contribution in [0.2, 0.25) is 0 Å². The molecule has 0 aromatic rings. The van der Waals surface area contributed by atoms with Gasteiger partial charge in [0.15, 0.2) is 5.41 Å². The van der Waals surface area contributed by atoms with Crippen LogP contribution in [0.3, 0.4) is 0 Å². The summed E-state index contributed by atoms with van der Waals surface area (Å²) in [5, 5.41) is 2.68. The lowest BCUT2D eigenvalue weighted by molar-refractivity contribution is -0.221. The average Bonchev–Trinajstić information content (AvgIpc) is 2.82. The quantitative estimate of drug-likeness (QED) is 0.783. The Morgan fingerprint density at radius 1 is 1.28 bits per heavy atom. The predicted molar refractivity (Wildman–Crippen MR) is 61.0 cm³/mol. The van der Waals surface area contributed by atoms with Crippen molar-refractivity contribution in [3.8, 4) is 0 Å². The second-order valence-corrected chi connectivity index (χ2v) is 6.15. The maximum Gasteiger partial charge on any atom is 0.404 e. The summed E-state index contributed by atoms with van der Waals surface area (Å²) < 4.78 is 39.7. The highest BCUT2D eigenvalue weighted by Crippen LogP contribution is 2.45. The zero-order valence-corrected chi connectivity index (χ0v) is 10.7. The summed E-state index contributed by atoms with van der Waals surface area (Å²) in [7, 11) is 0. The molecule has 104 valence electrons. The second-order valence-electron chi connectivity index (χ2n) is 6.15. The van der Waals surface area contributed by atoms with Gasteiger partial charge in [0.25, 0.3) is 0 Å². The van der Waals surface area contributed by atoms with Crippen molar-refractivity contribution in [1.29, 1.82) is 0 Å². The summed E-state index contributed by atoms with van der Waals surface area (Å²) >= 11 is 0. The highest BCUT2D eigenvalue weighted by Gasteiger charge is 2.63. The summed E-state index contributed by atoms with van der Waals surface area (Å²) in [5.41, 5.74) is -2.28. The van der Waals surface area contributed by atoms with Crippen molar-refractivity contribution >= 4 is 5.91 Å². The lowest BCUT2D eigenvalue weighted by Crippen LogP contribution is -2.53. The first kappa shape index (κ1) is 13.6. The van der Waals surface area contributed by atoms with E-state index in [1.54, 1.807) is 0 Å². The molecule has 1 N–H and O–H groups in total. The molecule has 0 saturated carbocycles. The Hall–Kier alpha value is -0.780. The standard InChI is InChI=1S/C12H19F3N2O/c1-10(2)4-6-17(8-10)9(18)11(12(13,14)15)3-5-16-7-11/h16H,3-8H2,1-2H3. The highest BCUT2D eigenvalue weighted by atomic mass is 19.4. The van der Waals surface area contributed by atoms with E-state index in [9.17, 15) is 18.0 Å². The number of likely N-dealkylation sites (tertiary alicyclic amines) is 1. The average molecular weight is 264 g/mol. The minimum absolute atomic E-state index is 0.0749. The molecule has 1 amide bonds. The first-order valence-electron chi connectivity index (χ1n) is 6.25. The van der Waals surface area contributed by atoms with Crippen molar-refractivity contribution in [2.24, 2.45) is 10.8 Å². The van der Waals surface area contributed by atoms with Crippen molar-refractivity contribution < 1.29 is 18.0 Å². The fourth-order valence-corrected chi connectivity index (χ4v) is 2.83. The van der Waals surface area contributed by atoms with E-state index in [1.807, 2.05) is 13.8 Å². The molecule has 3 nitrogen and oxygen atoms in total. The largest absolute Gasteiger partial charge is 0.404 e. The molecule has 0 aromatic heterocycles. The van der Waals surface area contributed by atoms with Crippen LogP contribution in [0.5, 0.6) is 0 Å². The number of carbonyl (C=O) groups is 1. The number of rotatable bonds is 1. The summed E-state index contributed by atoms with van der Waals surface area (Å²) in [6.45, 7) is 4.78. The molecule has 1 atom stereocenters. The smallest absolute Gasteiger partial charge is 0.341 e. The number of hydrogen-bond donors (Lipinski definition) is 1. The van der Waals surface area contributed by atoms with Crippen LogP contribution >= 0.6 is 0 Å². The van der Waals surface area contributed by atoms with E-state index in [0.29, 0.717) is 13.1 Å². The molecule has 0 spiro atoms. The molecule has 2 heterocycles. The third-order valence-corrected chi connectivity index (χ3v) is 4.07. The van der Waals surface area contributed by atoms with Gasteiger partial charge in [-0.1, -0.05) is 13.8 Å². The SMILES string of the molecule is CC1(C)CCN(C(=O)C2(C(F)(F)F)CCNC2)C1. The van der Waals surface area contributed by atoms with Gasteiger partial charge in [-0.05, 0) is 24.8 Å². The van der Waals surface area contributed by atoms with E-state index in [4.69, 9.17) is 0 Å². The first-order chi connectivity index (χ1) is 8.18. The van der Waals surface area contributed by atoms with Crippen molar-refractivity contribution in [1.82, 2.24) is 10.2 Å². The molecular formula is C12H19F3N2O. The monoisotopic (exact) mass is 264 g/mol. The molecule has 2 saturated heterocycles. The summed E-state index contributed by atoms with van der Waals surface area (Å²) in [6, 6.07) is 0. The minimum atomic E-state index is -4.47. The van der Waals surface area contributed by atoms with Gasteiger partial charge >= 0.3 is 6.18 Å². The maximum atomic E-state index is 13.2. The topological polar surface area (TPSA) is 32.3 Å². The summed E-state index contributed by atoms with van der Waals surface area (Å²) in [5.74, 6) is -0.745. The number of nitrogens with zero attached hydrogens (tertiary/aromatic N) is 1. The van der Waals surface area contributed by atoms with Crippen LogP contribution in [-0.4, -0.2) is 43.2 Å². The molecule has 0 aromatic carbocycles. The number of nitrogens with one attached hydrogen (secondary N) is 1. The lowest BCUT2D eigenvalue weighted by Gasteiger charge is -2.34. The molecule has 0 radical (unpaired) electrons. The summed E-state index contributed by atoms with van der Waals surface area (Å²) in [4.78, 5) is 13.7. The van der Waals surface area contributed by atoms with Crippen molar-refractivity contribution in [2.45, 2.75) is 32.9 Å². The van der Waals surface area contributed by atoms with Gasteiger partial charge in [-0.2, -0.15) is 13.2 Å². The zero-order chi connectivity index (χ0) is 13.6. The van der Waals surface area contributed by atoms with E-state index in [-0.39, 0.29) is 24.9 Å². The Labute approximate surface area is 105 Å². The summed E-state index contributed by atoms with van der Waals surface area (Å²) in [6.07, 6.45) is -3.85. The number of amides is 1. The van der Waals surface area contributed by atoms with Gasteiger partial charge in [-0.3, -0.25) is 4.79 Å². The van der Waals surface area contributed by atoms with Crippen LogP contribution in [0.1, 0.15) is 26.7 Å². The van der Waals surface area contributed by atoms with Gasteiger partial charge in [0, 0.05) is 19.6 Å². The van der Waals surface area contributed by atoms with Gasteiger partial charge in [0.1, 0.15) is 0 Å². The molecule has 0 bridgehead atoms. The molecule has 6 heteroatoms. The molecule has 1 unspecified atom stereocenters. The second kappa shape index (κ2) is 4.11.